The summed E-state index contributed by atoms with van der Waals surface area (Å²) < 4.78 is 27.4. The van der Waals surface area contributed by atoms with Crippen molar-refractivity contribution in [2.24, 2.45) is 5.92 Å². The van der Waals surface area contributed by atoms with Gasteiger partial charge in [0.1, 0.15) is 6.07 Å². The Hall–Kier alpha value is -0.840. The maximum Gasteiger partial charge on any atom is 0.240 e. The van der Waals surface area contributed by atoms with Crippen LogP contribution in [0.1, 0.15) is 18.9 Å². The van der Waals surface area contributed by atoms with Gasteiger partial charge in [-0.1, -0.05) is 18.5 Å². The zero-order chi connectivity index (χ0) is 14.8. The molecule has 2 unspecified atom stereocenters. The SMILES string of the molecule is CC1CNCCC1NS(=O)(=O)c1ccc(Cl)c(C#N)c1.Cl. The lowest BCUT2D eigenvalue weighted by Gasteiger charge is -2.29. The minimum absolute atomic E-state index is 0. The Morgan fingerprint density at radius 3 is 2.81 bits per heavy atom. The summed E-state index contributed by atoms with van der Waals surface area (Å²) in [6.45, 7) is 3.58. The van der Waals surface area contributed by atoms with E-state index in [0.29, 0.717) is 0 Å². The van der Waals surface area contributed by atoms with Gasteiger partial charge in [-0.05, 0) is 43.6 Å². The third-order valence-electron chi connectivity index (χ3n) is 3.46. The van der Waals surface area contributed by atoms with Gasteiger partial charge in [0, 0.05) is 6.04 Å². The number of rotatable bonds is 3. The van der Waals surface area contributed by atoms with E-state index in [9.17, 15) is 8.42 Å². The van der Waals surface area contributed by atoms with E-state index in [0.717, 1.165) is 19.5 Å². The van der Waals surface area contributed by atoms with Crippen LogP contribution >= 0.6 is 24.0 Å². The Morgan fingerprint density at radius 2 is 2.19 bits per heavy atom. The molecule has 1 heterocycles. The molecule has 0 saturated carbocycles. The number of nitriles is 1. The highest BCUT2D eigenvalue weighted by molar-refractivity contribution is 7.89. The summed E-state index contributed by atoms with van der Waals surface area (Å²) in [5, 5.41) is 12.4. The average Bonchev–Trinajstić information content (AvgIpc) is 2.41. The van der Waals surface area contributed by atoms with Crippen molar-refractivity contribution in [1.29, 1.82) is 5.26 Å². The fourth-order valence-corrected chi connectivity index (χ4v) is 3.78. The van der Waals surface area contributed by atoms with Crippen LogP contribution in [0.3, 0.4) is 0 Å². The van der Waals surface area contributed by atoms with Gasteiger partial charge in [-0.2, -0.15) is 5.26 Å². The molecule has 8 heteroatoms. The molecule has 1 aliphatic rings. The number of nitrogens with one attached hydrogen (secondary N) is 2. The van der Waals surface area contributed by atoms with Gasteiger partial charge in [-0.3, -0.25) is 0 Å². The van der Waals surface area contributed by atoms with Crippen molar-refractivity contribution in [2.75, 3.05) is 13.1 Å². The lowest BCUT2D eigenvalue weighted by Crippen LogP contribution is -2.48. The third-order valence-corrected chi connectivity index (χ3v) is 5.28. The molecule has 1 aromatic carbocycles. The quantitative estimate of drug-likeness (QED) is 0.873. The monoisotopic (exact) mass is 349 g/mol. The van der Waals surface area contributed by atoms with Gasteiger partial charge >= 0.3 is 0 Å². The predicted molar refractivity (Wildman–Crippen MR) is 84.2 cm³/mol. The van der Waals surface area contributed by atoms with Gasteiger partial charge in [-0.25, -0.2) is 13.1 Å². The van der Waals surface area contributed by atoms with Crippen LogP contribution in [0.4, 0.5) is 0 Å². The van der Waals surface area contributed by atoms with Crippen LogP contribution in [0.25, 0.3) is 0 Å². The molecular weight excluding hydrogens is 333 g/mol. The van der Waals surface area contributed by atoms with Crippen LogP contribution in [-0.2, 0) is 10.0 Å². The van der Waals surface area contributed by atoms with Crippen LogP contribution < -0.4 is 10.0 Å². The number of nitrogens with zero attached hydrogens (tertiary/aromatic N) is 1. The van der Waals surface area contributed by atoms with Crippen molar-refractivity contribution < 1.29 is 8.42 Å². The lowest BCUT2D eigenvalue weighted by molar-refractivity contribution is 0.328. The molecule has 1 fully saturated rings. The Balaban J connectivity index is 0.00000220. The summed E-state index contributed by atoms with van der Waals surface area (Å²) in [7, 11) is -3.63. The summed E-state index contributed by atoms with van der Waals surface area (Å²) in [5.41, 5.74) is 0.160. The van der Waals surface area contributed by atoms with Crippen molar-refractivity contribution in [3.8, 4) is 6.07 Å². The molecule has 0 spiro atoms. The number of benzene rings is 1. The Bertz CT molecular complexity index is 643. The fourth-order valence-electron chi connectivity index (χ4n) is 2.21. The second-order valence-corrected chi connectivity index (χ2v) is 7.07. The molecule has 5 nitrogen and oxygen atoms in total. The molecule has 2 N–H and O–H groups in total. The number of halogens is 2. The molecular formula is C13H17Cl2N3O2S. The summed E-state index contributed by atoms with van der Waals surface area (Å²) in [6.07, 6.45) is 0.749. The zero-order valence-electron chi connectivity index (χ0n) is 11.5. The van der Waals surface area contributed by atoms with E-state index in [2.05, 4.69) is 10.0 Å². The van der Waals surface area contributed by atoms with Crippen molar-refractivity contribution in [3.05, 3.63) is 28.8 Å². The van der Waals surface area contributed by atoms with Crippen molar-refractivity contribution in [2.45, 2.75) is 24.3 Å². The smallest absolute Gasteiger partial charge is 0.240 e. The first-order chi connectivity index (χ1) is 9.44. The van der Waals surface area contributed by atoms with Gasteiger partial charge in [-0.15, -0.1) is 12.4 Å². The molecule has 2 rings (SSSR count). The van der Waals surface area contributed by atoms with Crippen molar-refractivity contribution in [1.82, 2.24) is 10.0 Å². The first kappa shape index (κ1) is 18.2. The standard InChI is InChI=1S/C13H16ClN3O2S.ClH/c1-9-8-16-5-4-13(9)17-20(18,19)11-2-3-12(14)10(6-11)7-15;/h2-3,6,9,13,16-17H,4-5,8H2,1H3;1H. The molecule has 2 atom stereocenters. The number of hydrogen-bond acceptors (Lipinski definition) is 4. The number of hydrogen-bond donors (Lipinski definition) is 2. The van der Waals surface area contributed by atoms with Gasteiger partial charge in [0.2, 0.25) is 10.0 Å². The normalized spacial score (nSPS) is 22.1. The molecule has 1 saturated heterocycles. The highest BCUT2D eigenvalue weighted by Crippen LogP contribution is 2.21. The van der Waals surface area contributed by atoms with E-state index in [4.69, 9.17) is 16.9 Å². The minimum atomic E-state index is -3.63. The van der Waals surface area contributed by atoms with E-state index >= 15 is 0 Å². The first-order valence-corrected chi connectivity index (χ1v) is 8.23. The maximum absolute atomic E-state index is 12.3. The largest absolute Gasteiger partial charge is 0.316 e. The summed E-state index contributed by atoms with van der Waals surface area (Å²) in [5.74, 6) is 0.223. The third kappa shape index (κ3) is 4.31. The fraction of sp³-hybridized carbons (Fsp3) is 0.462. The molecule has 116 valence electrons. The van der Waals surface area contributed by atoms with Crippen molar-refractivity contribution >= 4 is 34.0 Å². The van der Waals surface area contributed by atoms with Crippen LogP contribution in [0.15, 0.2) is 23.1 Å². The summed E-state index contributed by atoms with van der Waals surface area (Å²) in [6, 6.07) is 5.94. The molecule has 1 aromatic rings. The lowest BCUT2D eigenvalue weighted by atomic mass is 9.97. The minimum Gasteiger partial charge on any atom is -0.316 e. The first-order valence-electron chi connectivity index (χ1n) is 6.37. The number of sulfonamides is 1. The van der Waals surface area contributed by atoms with Gasteiger partial charge in [0.05, 0.1) is 15.5 Å². The molecule has 0 bridgehead atoms. The zero-order valence-corrected chi connectivity index (χ0v) is 13.9. The van der Waals surface area contributed by atoms with Crippen LogP contribution in [0.5, 0.6) is 0 Å². The average molecular weight is 350 g/mol. The van der Waals surface area contributed by atoms with E-state index in [1.807, 2.05) is 13.0 Å². The van der Waals surface area contributed by atoms with Gasteiger partial charge in [0.25, 0.3) is 0 Å². The van der Waals surface area contributed by atoms with Crippen molar-refractivity contribution in [3.63, 3.8) is 0 Å². The second kappa shape index (κ2) is 7.43. The predicted octanol–water partition coefficient (Wildman–Crippen LogP) is 1.91. The molecule has 0 amide bonds. The van der Waals surface area contributed by atoms with E-state index < -0.39 is 10.0 Å². The maximum atomic E-state index is 12.3. The Morgan fingerprint density at radius 1 is 1.48 bits per heavy atom. The highest BCUT2D eigenvalue weighted by atomic mass is 35.5. The molecule has 1 aliphatic heterocycles. The summed E-state index contributed by atoms with van der Waals surface area (Å²) >= 11 is 5.82. The molecule has 0 aliphatic carbocycles. The van der Waals surface area contributed by atoms with Crippen LogP contribution in [0.2, 0.25) is 5.02 Å². The van der Waals surface area contributed by atoms with Crippen LogP contribution in [0, 0.1) is 17.2 Å². The molecule has 0 radical (unpaired) electrons. The van der Waals surface area contributed by atoms with Gasteiger partial charge < -0.3 is 5.32 Å². The van der Waals surface area contributed by atoms with E-state index in [1.54, 1.807) is 0 Å². The topological polar surface area (TPSA) is 82.0 Å². The van der Waals surface area contributed by atoms with E-state index in [1.165, 1.54) is 18.2 Å². The Labute approximate surface area is 136 Å². The molecule has 21 heavy (non-hydrogen) atoms. The summed E-state index contributed by atoms with van der Waals surface area (Å²) in [4.78, 5) is 0.0733. The van der Waals surface area contributed by atoms with Gasteiger partial charge in [0.15, 0.2) is 0 Å². The second-order valence-electron chi connectivity index (χ2n) is 4.95. The Kier molecular flexibility index (Phi) is 6.44. The van der Waals surface area contributed by atoms with Crippen LogP contribution in [-0.4, -0.2) is 27.5 Å². The van der Waals surface area contributed by atoms with E-state index in [-0.39, 0.29) is 39.8 Å². The molecule has 0 aromatic heterocycles. The number of piperidine rings is 1. The highest BCUT2D eigenvalue weighted by Gasteiger charge is 2.26.